The molecule has 4 aliphatic carbocycles. The van der Waals surface area contributed by atoms with E-state index in [1.165, 1.54) is 109 Å². The Hall–Kier alpha value is -1.08. The zero-order valence-electron chi connectivity index (χ0n) is 21.8. The molecule has 0 amide bonds. The highest BCUT2D eigenvalue weighted by atomic mass is 16.5. The van der Waals surface area contributed by atoms with Gasteiger partial charge in [-0.05, 0) is 105 Å². The maximum Gasteiger partial charge on any atom is 0.0651 e. The van der Waals surface area contributed by atoms with Gasteiger partial charge < -0.3 is 4.74 Å². The van der Waals surface area contributed by atoms with Gasteiger partial charge in [-0.2, -0.15) is 0 Å². The van der Waals surface area contributed by atoms with Crippen LogP contribution in [0.25, 0.3) is 0 Å². The van der Waals surface area contributed by atoms with Crippen LogP contribution in [0.3, 0.4) is 0 Å². The van der Waals surface area contributed by atoms with Crippen LogP contribution >= 0.6 is 0 Å². The number of ether oxygens (including phenoxy) is 1. The Bertz CT molecular complexity index is 697. The minimum Gasteiger partial charge on any atom is -0.374 e. The highest BCUT2D eigenvalue weighted by Crippen LogP contribution is 2.59. The summed E-state index contributed by atoms with van der Waals surface area (Å²) in [6, 6.07) is 10.0. The highest BCUT2D eigenvalue weighted by Gasteiger charge is 2.48. The van der Waals surface area contributed by atoms with E-state index in [1.54, 1.807) is 11.1 Å². The zero-order chi connectivity index (χ0) is 23.0. The first-order chi connectivity index (χ1) is 16.2. The molecule has 4 fully saturated rings. The van der Waals surface area contributed by atoms with E-state index in [-0.39, 0.29) is 0 Å². The average Bonchev–Trinajstić information content (AvgIpc) is 2.88. The van der Waals surface area contributed by atoms with E-state index in [9.17, 15) is 0 Å². The summed E-state index contributed by atoms with van der Waals surface area (Å²) in [5.41, 5.74) is 4.44. The first-order valence-electron chi connectivity index (χ1n) is 14.6. The van der Waals surface area contributed by atoms with Crippen molar-refractivity contribution in [3.63, 3.8) is 0 Å². The van der Waals surface area contributed by atoms with Gasteiger partial charge in [0.1, 0.15) is 0 Å². The number of hydrogen-bond acceptors (Lipinski definition) is 1. The molecule has 0 heterocycles. The fourth-order valence-corrected chi connectivity index (χ4v) is 7.19. The molecule has 0 N–H and O–H groups in total. The predicted octanol–water partition coefficient (Wildman–Crippen LogP) is 9.65. The van der Waals surface area contributed by atoms with Gasteiger partial charge in [0.2, 0.25) is 0 Å². The van der Waals surface area contributed by atoms with Gasteiger partial charge in [-0.25, -0.2) is 0 Å². The molecule has 33 heavy (non-hydrogen) atoms. The van der Waals surface area contributed by atoms with Gasteiger partial charge in [0.25, 0.3) is 0 Å². The molecule has 4 aliphatic rings. The number of benzene rings is 1. The lowest BCUT2D eigenvalue weighted by atomic mass is 9.51. The first kappa shape index (κ1) is 25.0. The summed E-state index contributed by atoms with van der Waals surface area (Å²) >= 11 is 0. The molecule has 0 unspecified atom stereocenters. The standard InChI is InChI=1S/C32H50O/c1-3-5-7-8-10-26-33-30-17-13-28(14-18-30)27-11-15-29(16-12-27)32-23-20-31(21-24-32,22-25-32)19-9-6-4-2/h8,10-12,15-16,28,30H,3-7,9,13-14,17-26H2,1-2H3. The van der Waals surface area contributed by atoms with Crippen molar-refractivity contribution in [3.8, 4) is 0 Å². The van der Waals surface area contributed by atoms with E-state index in [2.05, 4.69) is 50.3 Å². The van der Waals surface area contributed by atoms with Gasteiger partial charge in [0, 0.05) is 0 Å². The molecular formula is C32H50O. The van der Waals surface area contributed by atoms with Crippen LogP contribution in [-0.2, 0) is 10.2 Å². The Morgan fingerprint density at radius 3 is 2.09 bits per heavy atom. The molecule has 0 radical (unpaired) electrons. The van der Waals surface area contributed by atoms with E-state index in [0.29, 0.717) is 16.9 Å². The molecule has 184 valence electrons. The Balaban J connectivity index is 1.23. The van der Waals surface area contributed by atoms with Crippen LogP contribution in [0.4, 0.5) is 0 Å². The smallest absolute Gasteiger partial charge is 0.0651 e. The summed E-state index contributed by atoms with van der Waals surface area (Å²) in [6.07, 6.45) is 28.3. The predicted molar refractivity (Wildman–Crippen MR) is 142 cm³/mol. The lowest BCUT2D eigenvalue weighted by Gasteiger charge is -2.54. The molecule has 1 aromatic carbocycles. The van der Waals surface area contributed by atoms with Crippen LogP contribution in [0.15, 0.2) is 36.4 Å². The monoisotopic (exact) mass is 450 g/mol. The quantitative estimate of drug-likeness (QED) is 0.227. The van der Waals surface area contributed by atoms with Crippen LogP contribution in [0.1, 0.15) is 140 Å². The van der Waals surface area contributed by atoms with Crippen LogP contribution in [-0.4, -0.2) is 12.7 Å². The SMILES string of the molecule is CCCCC=CCOC1CCC(c2ccc(C34CCC(CCCCC)(CC3)CC4)cc2)CC1. The lowest BCUT2D eigenvalue weighted by Crippen LogP contribution is -2.44. The van der Waals surface area contributed by atoms with Crippen molar-refractivity contribution in [1.82, 2.24) is 0 Å². The van der Waals surface area contributed by atoms with Gasteiger partial charge in [-0.3, -0.25) is 0 Å². The first-order valence-corrected chi connectivity index (χ1v) is 14.6. The molecule has 0 aliphatic heterocycles. The van der Waals surface area contributed by atoms with E-state index in [0.717, 1.165) is 12.5 Å². The molecule has 1 nitrogen and oxygen atoms in total. The molecule has 0 saturated heterocycles. The van der Waals surface area contributed by atoms with Crippen molar-refractivity contribution in [1.29, 1.82) is 0 Å². The van der Waals surface area contributed by atoms with Crippen molar-refractivity contribution < 1.29 is 4.74 Å². The number of unbranched alkanes of at least 4 members (excludes halogenated alkanes) is 4. The fourth-order valence-electron chi connectivity index (χ4n) is 7.19. The molecule has 2 bridgehead atoms. The second kappa shape index (κ2) is 12.1. The van der Waals surface area contributed by atoms with E-state index >= 15 is 0 Å². The Labute approximate surface area is 204 Å². The third-order valence-corrected chi connectivity index (χ3v) is 9.70. The average molecular weight is 451 g/mol. The Kier molecular flexibility index (Phi) is 9.14. The van der Waals surface area contributed by atoms with Crippen molar-refractivity contribution in [2.24, 2.45) is 5.41 Å². The summed E-state index contributed by atoms with van der Waals surface area (Å²) in [5, 5.41) is 0. The number of rotatable bonds is 12. The van der Waals surface area contributed by atoms with Crippen LogP contribution in [0.5, 0.6) is 0 Å². The lowest BCUT2D eigenvalue weighted by molar-refractivity contribution is 0.0305. The van der Waals surface area contributed by atoms with Crippen LogP contribution in [0, 0.1) is 5.41 Å². The van der Waals surface area contributed by atoms with Crippen molar-refractivity contribution >= 4 is 0 Å². The molecular weight excluding hydrogens is 400 g/mol. The minimum atomic E-state index is 0.470. The molecule has 1 heteroatoms. The van der Waals surface area contributed by atoms with Crippen molar-refractivity contribution in [3.05, 3.63) is 47.5 Å². The maximum atomic E-state index is 6.13. The second-order valence-corrected chi connectivity index (χ2v) is 11.8. The summed E-state index contributed by atoms with van der Waals surface area (Å²) in [7, 11) is 0. The third-order valence-electron chi connectivity index (χ3n) is 9.70. The van der Waals surface area contributed by atoms with E-state index in [4.69, 9.17) is 4.74 Å². The zero-order valence-corrected chi connectivity index (χ0v) is 21.8. The van der Waals surface area contributed by atoms with Crippen LogP contribution < -0.4 is 0 Å². The Morgan fingerprint density at radius 2 is 1.45 bits per heavy atom. The van der Waals surface area contributed by atoms with Gasteiger partial charge >= 0.3 is 0 Å². The summed E-state index contributed by atoms with van der Waals surface area (Å²) in [5.74, 6) is 0.737. The normalized spacial score (nSPS) is 31.9. The van der Waals surface area contributed by atoms with Crippen LogP contribution in [0.2, 0.25) is 0 Å². The largest absolute Gasteiger partial charge is 0.374 e. The van der Waals surface area contributed by atoms with E-state index < -0.39 is 0 Å². The third kappa shape index (κ3) is 6.33. The molecule has 0 atom stereocenters. The molecule has 5 rings (SSSR count). The van der Waals surface area contributed by atoms with Gasteiger partial charge in [0.15, 0.2) is 0 Å². The Morgan fingerprint density at radius 1 is 0.788 bits per heavy atom. The number of hydrogen-bond donors (Lipinski definition) is 0. The second-order valence-electron chi connectivity index (χ2n) is 11.8. The number of fused-ring (bicyclic) bond motifs is 3. The van der Waals surface area contributed by atoms with Gasteiger partial charge in [-0.1, -0.05) is 82.4 Å². The highest BCUT2D eigenvalue weighted by molar-refractivity contribution is 5.33. The van der Waals surface area contributed by atoms with Gasteiger partial charge in [0.05, 0.1) is 12.7 Å². The van der Waals surface area contributed by atoms with Gasteiger partial charge in [-0.15, -0.1) is 0 Å². The number of allylic oxidation sites excluding steroid dienone is 1. The summed E-state index contributed by atoms with van der Waals surface area (Å²) < 4.78 is 6.13. The topological polar surface area (TPSA) is 9.23 Å². The van der Waals surface area contributed by atoms with Crippen molar-refractivity contribution in [2.45, 2.75) is 140 Å². The summed E-state index contributed by atoms with van der Waals surface area (Å²) in [6.45, 7) is 5.39. The molecule has 4 saturated carbocycles. The maximum absolute atomic E-state index is 6.13. The van der Waals surface area contributed by atoms with Crippen molar-refractivity contribution in [2.75, 3.05) is 6.61 Å². The minimum absolute atomic E-state index is 0.470. The summed E-state index contributed by atoms with van der Waals surface area (Å²) in [4.78, 5) is 0. The molecule has 0 spiro atoms. The van der Waals surface area contributed by atoms with E-state index in [1.807, 2.05) is 0 Å². The molecule has 1 aromatic rings. The fraction of sp³-hybridized carbons (Fsp3) is 0.750. The molecule has 0 aromatic heterocycles.